The third-order valence-corrected chi connectivity index (χ3v) is 3.98. The molecule has 17 heavy (non-hydrogen) atoms. The van der Waals surface area contributed by atoms with Gasteiger partial charge in [-0.05, 0) is 45.6 Å². The van der Waals surface area contributed by atoms with Gasteiger partial charge in [0.15, 0.2) is 0 Å². The fourth-order valence-corrected chi connectivity index (χ4v) is 2.78. The molecule has 0 radical (unpaired) electrons. The lowest BCUT2D eigenvalue weighted by molar-refractivity contribution is -0.161. The van der Waals surface area contributed by atoms with E-state index in [1.165, 1.54) is 0 Å². The summed E-state index contributed by atoms with van der Waals surface area (Å²) in [6.45, 7) is 3.09. The van der Waals surface area contributed by atoms with Crippen LogP contribution in [0.3, 0.4) is 0 Å². The van der Waals surface area contributed by atoms with Crippen molar-refractivity contribution < 1.29 is 14.7 Å². The summed E-state index contributed by atoms with van der Waals surface area (Å²) >= 11 is 0. The van der Waals surface area contributed by atoms with E-state index in [0.717, 1.165) is 32.2 Å². The monoisotopic (exact) mass is 240 g/mol. The van der Waals surface area contributed by atoms with E-state index >= 15 is 0 Å². The Morgan fingerprint density at radius 2 is 2.12 bits per heavy atom. The van der Waals surface area contributed by atoms with Crippen LogP contribution in [0.2, 0.25) is 0 Å². The zero-order valence-electron chi connectivity index (χ0n) is 10.2. The van der Waals surface area contributed by atoms with Crippen molar-refractivity contribution in [3.63, 3.8) is 0 Å². The summed E-state index contributed by atoms with van der Waals surface area (Å²) in [5.74, 6) is -0.921. The van der Waals surface area contributed by atoms with Crippen LogP contribution in [0.4, 0.5) is 0 Å². The molecule has 2 saturated heterocycles. The fraction of sp³-hybridized carbons (Fsp3) is 0.833. The molecule has 2 unspecified atom stereocenters. The topological polar surface area (TPSA) is 69.6 Å². The lowest BCUT2D eigenvalue weighted by Gasteiger charge is -2.42. The minimum absolute atomic E-state index is 0.0351. The first kappa shape index (κ1) is 12.4. The van der Waals surface area contributed by atoms with Gasteiger partial charge in [-0.2, -0.15) is 0 Å². The highest BCUT2D eigenvalue weighted by atomic mass is 16.4. The molecule has 0 aromatic rings. The summed E-state index contributed by atoms with van der Waals surface area (Å²) in [6.07, 6.45) is 4.16. The van der Waals surface area contributed by atoms with Crippen LogP contribution in [0.1, 0.15) is 39.0 Å². The van der Waals surface area contributed by atoms with Gasteiger partial charge in [-0.3, -0.25) is 4.79 Å². The molecule has 5 heteroatoms. The highest BCUT2D eigenvalue weighted by Gasteiger charge is 2.45. The van der Waals surface area contributed by atoms with Gasteiger partial charge in [-0.1, -0.05) is 0 Å². The summed E-state index contributed by atoms with van der Waals surface area (Å²) in [5.41, 5.74) is -1.01. The van der Waals surface area contributed by atoms with E-state index in [1.54, 1.807) is 11.8 Å². The normalized spacial score (nSPS) is 33.7. The second-order valence-electron chi connectivity index (χ2n) is 5.17. The zero-order chi connectivity index (χ0) is 12.5. The number of aliphatic carboxylic acids is 1. The van der Waals surface area contributed by atoms with E-state index in [1.807, 2.05) is 0 Å². The molecule has 5 nitrogen and oxygen atoms in total. The average molecular weight is 240 g/mol. The van der Waals surface area contributed by atoms with Gasteiger partial charge in [0.25, 0.3) is 0 Å². The van der Waals surface area contributed by atoms with E-state index in [0.29, 0.717) is 13.0 Å². The molecule has 0 saturated carbocycles. The van der Waals surface area contributed by atoms with Crippen molar-refractivity contribution in [3.8, 4) is 0 Å². The molecule has 2 N–H and O–H groups in total. The highest BCUT2D eigenvalue weighted by molar-refractivity contribution is 5.89. The van der Waals surface area contributed by atoms with Crippen LogP contribution in [0.15, 0.2) is 0 Å². The number of piperidine rings is 1. The third kappa shape index (κ3) is 2.16. The molecule has 2 rings (SSSR count). The van der Waals surface area contributed by atoms with Gasteiger partial charge in [-0.15, -0.1) is 0 Å². The summed E-state index contributed by atoms with van der Waals surface area (Å²) in [4.78, 5) is 25.3. The summed E-state index contributed by atoms with van der Waals surface area (Å²) in [5, 5.41) is 12.5. The van der Waals surface area contributed by atoms with Crippen molar-refractivity contribution in [2.75, 3.05) is 13.1 Å². The van der Waals surface area contributed by atoms with Crippen LogP contribution in [-0.2, 0) is 9.59 Å². The highest BCUT2D eigenvalue weighted by Crippen LogP contribution is 2.29. The molecule has 0 aromatic heterocycles. The smallest absolute Gasteiger partial charge is 0.329 e. The van der Waals surface area contributed by atoms with E-state index in [9.17, 15) is 14.7 Å². The predicted molar refractivity (Wildman–Crippen MR) is 62.6 cm³/mol. The van der Waals surface area contributed by atoms with Crippen LogP contribution in [0.25, 0.3) is 0 Å². The molecule has 96 valence electrons. The Kier molecular flexibility index (Phi) is 3.38. The predicted octanol–water partition coefficient (Wildman–Crippen LogP) is 0.594. The van der Waals surface area contributed by atoms with Crippen molar-refractivity contribution in [3.05, 3.63) is 0 Å². The first-order chi connectivity index (χ1) is 8.05. The number of carboxylic acids is 1. The quantitative estimate of drug-likeness (QED) is 0.741. The van der Waals surface area contributed by atoms with Gasteiger partial charge in [0.1, 0.15) is 5.54 Å². The third-order valence-electron chi connectivity index (χ3n) is 3.98. The van der Waals surface area contributed by atoms with Crippen LogP contribution in [0, 0.1) is 0 Å². The second kappa shape index (κ2) is 4.64. The number of nitrogens with one attached hydrogen (secondary N) is 1. The molecule has 2 aliphatic heterocycles. The number of likely N-dealkylation sites (tertiary alicyclic amines) is 1. The number of carboxylic acid groups (broad SMARTS) is 1. The maximum absolute atomic E-state index is 12.3. The molecular weight excluding hydrogens is 220 g/mol. The van der Waals surface area contributed by atoms with E-state index in [-0.39, 0.29) is 11.9 Å². The van der Waals surface area contributed by atoms with Crippen LogP contribution in [0.5, 0.6) is 0 Å². The standard InChI is InChI=1S/C12H20N2O3/c1-12(11(16)17)6-2-3-8-14(12)10(15)9-5-4-7-13-9/h9,13H,2-8H2,1H3,(H,16,17). The van der Waals surface area contributed by atoms with Gasteiger partial charge < -0.3 is 15.3 Å². The number of carbonyl (C=O) groups is 2. The minimum atomic E-state index is -1.01. The zero-order valence-corrected chi connectivity index (χ0v) is 10.2. The first-order valence-electron chi connectivity index (χ1n) is 6.34. The van der Waals surface area contributed by atoms with Gasteiger partial charge in [-0.25, -0.2) is 4.79 Å². The Hall–Kier alpha value is -1.10. The summed E-state index contributed by atoms with van der Waals surface area (Å²) in [7, 11) is 0. The molecule has 0 aromatic carbocycles. The Balaban J connectivity index is 2.15. The number of rotatable bonds is 2. The fourth-order valence-electron chi connectivity index (χ4n) is 2.78. The maximum Gasteiger partial charge on any atom is 0.329 e. The van der Waals surface area contributed by atoms with E-state index in [2.05, 4.69) is 5.32 Å². The minimum Gasteiger partial charge on any atom is -0.480 e. The lowest BCUT2D eigenvalue weighted by atomic mass is 9.87. The van der Waals surface area contributed by atoms with E-state index < -0.39 is 11.5 Å². The lowest BCUT2D eigenvalue weighted by Crippen LogP contribution is -2.60. The molecule has 0 bridgehead atoms. The number of amides is 1. The van der Waals surface area contributed by atoms with Crippen LogP contribution >= 0.6 is 0 Å². The Morgan fingerprint density at radius 3 is 2.71 bits per heavy atom. The van der Waals surface area contributed by atoms with Crippen molar-refractivity contribution >= 4 is 11.9 Å². The first-order valence-corrected chi connectivity index (χ1v) is 6.34. The van der Waals surface area contributed by atoms with E-state index in [4.69, 9.17) is 0 Å². The Bertz CT molecular complexity index is 326. The summed E-state index contributed by atoms with van der Waals surface area (Å²) < 4.78 is 0. The molecule has 2 fully saturated rings. The molecule has 2 heterocycles. The van der Waals surface area contributed by atoms with Crippen molar-refractivity contribution in [2.24, 2.45) is 0 Å². The van der Waals surface area contributed by atoms with Crippen molar-refractivity contribution in [1.82, 2.24) is 10.2 Å². The molecule has 2 atom stereocenters. The summed E-state index contributed by atoms with van der Waals surface area (Å²) in [6, 6.07) is -0.174. The molecule has 2 aliphatic rings. The van der Waals surface area contributed by atoms with Gasteiger partial charge in [0.2, 0.25) is 5.91 Å². The molecule has 1 amide bonds. The molecule has 0 aliphatic carbocycles. The molecular formula is C12H20N2O3. The Morgan fingerprint density at radius 1 is 1.35 bits per heavy atom. The largest absolute Gasteiger partial charge is 0.480 e. The number of hydrogen-bond donors (Lipinski definition) is 2. The SMILES string of the molecule is CC1(C(=O)O)CCCCN1C(=O)C1CCCN1. The van der Waals surface area contributed by atoms with Gasteiger partial charge in [0, 0.05) is 6.54 Å². The van der Waals surface area contributed by atoms with Crippen molar-refractivity contribution in [1.29, 1.82) is 0 Å². The number of nitrogens with zero attached hydrogens (tertiary/aromatic N) is 1. The Labute approximate surface area is 101 Å². The van der Waals surface area contributed by atoms with Crippen LogP contribution < -0.4 is 5.32 Å². The average Bonchev–Trinajstić information content (AvgIpc) is 2.82. The van der Waals surface area contributed by atoms with Crippen molar-refractivity contribution in [2.45, 2.75) is 50.6 Å². The number of carbonyl (C=O) groups excluding carboxylic acids is 1. The second-order valence-corrected chi connectivity index (χ2v) is 5.17. The van der Waals surface area contributed by atoms with Gasteiger partial charge in [0.05, 0.1) is 6.04 Å². The van der Waals surface area contributed by atoms with Gasteiger partial charge >= 0.3 is 5.97 Å². The number of hydrogen-bond acceptors (Lipinski definition) is 3. The van der Waals surface area contributed by atoms with Crippen LogP contribution in [-0.4, -0.2) is 46.6 Å². The maximum atomic E-state index is 12.3. The molecule has 0 spiro atoms.